The summed E-state index contributed by atoms with van der Waals surface area (Å²) in [4.78, 5) is 46.4. The number of nitro groups is 2. The summed E-state index contributed by atoms with van der Waals surface area (Å²) in [6, 6.07) is 14.8. The first kappa shape index (κ1) is 19.4. The number of benzene rings is 3. The minimum Gasteiger partial charge on any atom is -0.368 e. The Bertz CT molecular complexity index is 1120. The smallest absolute Gasteiger partial charge is 0.277 e. The molecule has 2 N–H and O–H groups in total. The van der Waals surface area contributed by atoms with Crippen molar-refractivity contribution in [2.24, 2.45) is 5.73 Å². The molecule has 10 nitrogen and oxygen atoms in total. The zero-order valence-electron chi connectivity index (χ0n) is 14.8. The predicted octanol–water partition coefficient (Wildman–Crippen LogP) is 2.79. The van der Waals surface area contributed by atoms with E-state index in [0.29, 0.717) is 11.1 Å². The average molecular weight is 394 g/mol. The summed E-state index contributed by atoms with van der Waals surface area (Å²) in [5, 5.41) is 23.7. The summed E-state index contributed by atoms with van der Waals surface area (Å²) >= 11 is 0. The standard InChI is InChI=1S/C19H14N4O6/c20-18(24)11-21(17-7-3-5-12-4-1-2-6-16(12)17)19(25)13-8-14(22(26)27)10-15(9-13)23(28)29/h1-10H,11H2,(H2,20,24). The molecule has 3 aromatic rings. The molecule has 0 aromatic heterocycles. The Morgan fingerprint density at radius 3 is 2.07 bits per heavy atom. The van der Waals surface area contributed by atoms with E-state index in [1.54, 1.807) is 30.3 Å². The molecule has 0 saturated heterocycles. The van der Waals surface area contributed by atoms with Gasteiger partial charge in [-0.05, 0) is 11.5 Å². The van der Waals surface area contributed by atoms with E-state index in [1.807, 2.05) is 12.1 Å². The number of non-ortho nitro benzene ring substituents is 2. The minimum absolute atomic E-state index is 0.305. The molecular weight excluding hydrogens is 380 g/mol. The van der Waals surface area contributed by atoms with E-state index in [1.165, 1.54) is 0 Å². The van der Waals surface area contributed by atoms with E-state index in [9.17, 15) is 29.8 Å². The van der Waals surface area contributed by atoms with Gasteiger partial charge in [-0.2, -0.15) is 0 Å². The number of carbonyl (C=O) groups excluding carboxylic acids is 2. The summed E-state index contributed by atoms with van der Waals surface area (Å²) < 4.78 is 0. The Kier molecular flexibility index (Phi) is 5.17. The lowest BCUT2D eigenvalue weighted by Gasteiger charge is -2.23. The number of rotatable bonds is 6. The average Bonchev–Trinajstić information content (AvgIpc) is 2.70. The first-order chi connectivity index (χ1) is 13.8. The van der Waals surface area contributed by atoms with E-state index in [2.05, 4.69) is 0 Å². The van der Waals surface area contributed by atoms with Crippen LogP contribution in [-0.4, -0.2) is 28.2 Å². The Morgan fingerprint density at radius 2 is 1.48 bits per heavy atom. The van der Waals surface area contributed by atoms with Crippen molar-refractivity contribution in [3.8, 4) is 0 Å². The second-order valence-corrected chi connectivity index (χ2v) is 6.11. The molecule has 0 bridgehead atoms. The highest BCUT2D eigenvalue weighted by molar-refractivity contribution is 6.13. The number of nitrogens with zero attached hydrogens (tertiary/aromatic N) is 3. The Morgan fingerprint density at radius 1 is 0.897 bits per heavy atom. The van der Waals surface area contributed by atoms with Crippen molar-refractivity contribution in [2.45, 2.75) is 0 Å². The van der Waals surface area contributed by atoms with Gasteiger partial charge in [0.1, 0.15) is 6.54 Å². The lowest BCUT2D eigenvalue weighted by atomic mass is 10.1. The van der Waals surface area contributed by atoms with Crippen molar-refractivity contribution in [1.82, 2.24) is 0 Å². The van der Waals surface area contributed by atoms with E-state index in [0.717, 1.165) is 28.5 Å². The molecule has 0 saturated carbocycles. The molecule has 0 spiro atoms. The van der Waals surface area contributed by atoms with Gasteiger partial charge in [-0.15, -0.1) is 0 Å². The third-order valence-electron chi connectivity index (χ3n) is 4.19. The highest BCUT2D eigenvalue weighted by Gasteiger charge is 2.26. The molecule has 10 heteroatoms. The number of nitrogens with two attached hydrogens (primary N) is 1. The summed E-state index contributed by atoms with van der Waals surface area (Å²) in [7, 11) is 0. The van der Waals surface area contributed by atoms with Gasteiger partial charge in [-0.3, -0.25) is 34.7 Å². The molecule has 0 aliphatic carbocycles. The van der Waals surface area contributed by atoms with Gasteiger partial charge in [0.25, 0.3) is 17.3 Å². The van der Waals surface area contributed by atoms with Gasteiger partial charge in [-0.25, -0.2) is 0 Å². The third kappa shape index (κ3) is 4.00. The molecule has 0 atom stereocenters. The molecule has 0 fully saturated rings. The van der Waals surface area contributed by atoms with Gasteiger partial charge in [0.2, 0.25) is 5.91 Å². The molecule has 0 heterocycles. The number of nitro benzene ring substituents is 2. The maximum absolute atomic E-state index is 13.1. The van der Waals surface area contributed by atoms with Crippen LogP contribution in [0.2, 0.25) is 0 Å². The van der Waals surface area contributed by atoms with E-state index >= 15 is 0 Å². The van der Waals surface area contributed by atoms with Gasteiger partial charge in [0, 0.05) is 17.5 Å². The largest absolute Gasteiger partial charge is 0.368 e. The van der Waals surface area contributed by atoms with Gasteiger partial charge in [0.15, 0.2) is 0 Å². The highest BCUT2D eigenvalue weighted by Crippen LogP contribution is 2.30. The van der Waals surface area contributed by atoms with Crippen LogP contribution in [0.3, 0.4) is 0 Å². The second-order valence-electron chi connectivity index (χ2n) is 6.11. The van der Waals surface area contributed by atoms with Crippen LogP contribution in [0, 0.1) is 20.2 Å². The fraction of sp³-hybridized carbons (Fsp3) is 0.0526. The van der Waals surface area contributed by atoms with Gasteiger partial charge in [-0.1, -0.05) is 36.4 Å². The summed E-state index contributed by atoms with van der Waals surface area (Å²) in [6.45, 7) is -0.511. The van der Waals surface area contributed by atoms with Crippen LogP contribution in [0.4, 0.5) is 17.1 Å². The molecule has 2 amide bonds. The quantitative estimate of drug-likeness (QED) is 0.502. The van der Waals surface area contributed by atoms with Crippen molar-refractivity contribution in [3.63, 3.8) is 0 Å². The highest BCUT2D eigenvalue weighted by atomic mass is 16.6. The maximum Gasteiger partial charge on any atom is 0.277 e. The van der Waals surface area contributed by atoms with Crippen molar-refractivity contribution in [3.05, 3.63) is 86.5 Å². The fourth-order valence-electron chi connectivity index (χ4n) is 2.95. The van der Waals surface area contributed by atoms with Gasteiger partial charge in [0.05, 0.1) is 27.2 Å². The fourth-order valence-corrected chi connectivity index (χ4v) is 2.95. The molecule has 29 heavy (non-hydrogen) atoms. The zero-order valence-corrected chi connectivity index (χ0v) is 14.8. The summed E-state index contributed by atoms with van der Waals surface area (Å²) in [5.41, 5.74) is 4.12. The third-order valence-corrected chi connectivity index (χ3v) is 4.19. The summed E-state index contributed by atoms with van der Waals surface area (Å²) in [5.74, 6) is -1.64. The van der Waals surface area contributed by atoms with Crippen LogP contribution in [0.5, 0.6) is 0 Å². The Balaban J connectivity index is 2.17. The van der Waals surface area contributed by atoms with Crippen LogP contribution in [0.1, 0.15) is 10.4 Å². The molecule has 0 unspecified atom stereocenters. The number of carbonyl (C=O) groups is 2. The molecule has 0 aliphatic heterocycles. The SMILES string of the molecule is NC(=O)CN(C(=O)c1cc([N+](=O)[O-])cc([N+](=O)[O-])c1)c1cccc2ccccc12. The number of anilines is 1. The normalized spacial score (nSPS) is 10.5. The summed E-state index contributed by atoms with van der Waals surface area (Å²) in [6.07, 6.45) is 0. The van der Waals surface area contributed by atoms with Crippen LogP contribution in [0.15, 0.2) is 60.7 Å². The molecule has 0 radical (unpaired) electrons. The lowest BCUT2D eigenvalue weighted by Crippen LogP contribution is -2.38. The Hall–Kier alpha value is -4.34. The lowest BCUT2D eigenvalue weighted by molar-refractivity contribution is -0.394. The van der Waals surface area contributed by atoms with Crippen molar-refractivity contribution in [1.29, 1.82) is 0 Å². The van der Waals surface area contributed by atoms with Crippen molar-refractivity contribution in [2.75, 3.05) is 11.4 Å². The zero-order chi connectivity index (χ0) is 21.1. The van der Waals surface area contributed by atoms with Crippen molar-refractivity contribution < 1.29 is 19.4 Å². The number of fused-ring (bicyclic) bond motifs is 1. The number of amides is 2. The topological polar surface area (TPSA) is 150 Å². The van der Waals surface area contributed by atoms with Crippen LogP contribution >= 0.6 is 0 Å². The first-order valence-electron chi connectivity index (χ1n) is 8.29. The number of primary amides is 1. The number of hydrogen-bond donors (Lipinski definition) is 1. The van der Waals surface area contributed by atoms with E-state index in [-0.39, 0.29) is 5.56 Å². The molecule has 146 valence electrons. The van der Waals surface area contributed by atoms with E-state index < -0.39 is 39.6 Å². The molecule has 0 aliphatic rings. The maximum atomic E-state index is 13.1. The molecule has 3 rings (SSSR count). The van der Waals surface area contributed by atoms with Crippen LogP contribution < -0.4 is 10.6 Å². The van der Waals surface area contributed by atoms with Crippen LogP contribution in [0.25, 0.3) is 10.8 Å². The van der Waals surface area contributed by atoms with Gasteiger partial charge >= 0.3 is 0 Å². The van der Waals surface area contributed by atoms with E-state index in [4.69, 9.17) is 5.73 Å². The molecule has 3 aromatic carbocycles. The van der Waals surface area contributed by atoms with Gasteiger partial charge < -0.3 is 5.73 Å². The van der Waals surface area contributed by atoms with Crippen molar-refractivity contribution >= 4 is 39.6 Å². The Labute approximate surface area is 163 Å². The molecular formula is C19H14N4O6. The first-order valence-corrected chi connectivity index (χ1v) is 8.29. The number of hydrogen-bond acceptors (Lipinski definition) is 6. The van der Waals surface area contributed by atoms with Crippen LogP contribution in [-0.2, 0) is 4.79 Å². The predicted molar refractivity (Wildman–Crippen MR) is 105 cm³/mol. The minimum atomic E-state index is -0.833. The second kappa shape index (κ2) is 7.72. The monoisotopic (exact) mass is 394 g/mol.